The first-order chi connectivity index (χ1) is 25.3. The Hall–Kier alpha value is -6.26. The first kappa shape index (κ1) is 29.5. The molecule has 4 heteroatoms. The predicted molar refractivity (Wildman–Crippen MR) is 211 cm³/mol. The summed E-state index contributed by atoms with van der Waals surface area (Å²) in [6, 6.07) is 52.6. The summed E-state index contributed by atoms with van der Waals surface area (Å²) in [5.41, 5.74) is 16.3. The minimum Gasteiger partial charge on any atom is -0.453 e. The monoisotopic (exact) mass is 672 g/mol. The minimum absolute atomic E-state index is 0.223. The van der Waals surface area contributed by atoms with E-state index in [0.717, 1.165) is 45.7 Å². The maximum Gasteiger partial charge on any atom is 0.151 e. The second-order valence-electron chi connectivity index (χ2n) is 15.4. The molecule has 52 heavy (non-hydrogen) atoms. The van der Waals surface area contributed by atoms with Gasteiger partial charge in [0.2, 0.25) is 0 Å². The summed E-state index contributed by atoms with van der Waals surface area (Å²) < 4.78 is 12.9. The van der Waals surface area contributed by atoms with Crippen LogP contribution in [0.4, 0.5) is 34.1 Å². The largest absolute Gasteiger partial charge is 0.453 e. The molecule has 0 aromatic heterocycles. The zero-order valence-electron chi connectivity index (χ0n) is 29.6. The van der Waals surface area contributed by atoms with E-state index in [2.05, 4.69) is 171 Å². The second-order valence-corrected chi connectivity index (χ2v) is 15.4. The summed E-state index contributed by atoms with van der Waals surface area (Å²) in [5.74, 6) is 3.57. The molecule has 4 heterocycles. The van der Waals surface area contributed by atoms with Crippen molar-refractivity contribution in [1.29, 1.82) is 0 Å². The summed E-state index contributed by atoms with van der Waals surface area (Å²) in [6.45, 7) is 9.34. The smallest absolute Gasteiger partial charge is 0.151 e. The molecule has 11 rings (SSSR count). The van der Waals surface area contributed by atoms with Gasteiger partial charge in [-0.15, -0.1) is 0 Å². The molecule has 7 aromatic carbocycles. The number of rotatable bonds is 2. The molecule has 0 bridgehead atoms. The molecule has 250 valence electrons. The average molecular weight is 673 g/mol. The first-order valence-electron chi connectivity index (χ1n) is 18.1. The summed E-state index contributed by atoms with van der Waals surface area (Å²) in [7, 11) is 0. The Bertz CT molecular complexity index is 2490. The number of anilines is 6. The van der Waals surface area contributed by atoms with Crippen LogP contribution in [0, 0.1) is 0 Å². The Morgan fingerprint density at radius 2 is 0.750 bits per heavy atom. The third-order valence-corrected chi connectivity index (χ3v) is 11.8. The highest BCUT2D eigenvalue weighted by Gasteiger charge is 2.43. The van der Waals surface area contributed by atoms with Gasteiger partial charge in [0.25, 0.3) is 0 Å². The van der Waals surface area contributed by atoms with Gasteiger partial charge in [-0.3, -0.25) is 0 Å². The fraction of sp³-hybridized carbons (Fsp3) is 0.125. The van der Waals surface area contributed by atoms with E-state index >= 15 is 0 Å². The Labute approximate surface area is 304 Å². The van der Waals surface area contributed by atoms with Crippen molar-refractivity contribution in [3.63, 3.8) is 0 Å². The molecule has 4 aliphatic heterocycles. The number of ether oxygens (including phenoxy) is 2. The van der Waals surface area contributed by atoms with Crippen LogP contribution in [-0.4, -0.2) is 0 Å². The Balaban J connectivity index is 1.02. The molecule has 0 aliphatic carbocycles. The van der Waals surface area contributed by atoms with E-state index < -0.39 is 0 Å². The molecule has 4 aliphatic rings. The molecule has 4 nitrogen and oxygen atoms in total. The Morgan fingerprint density at radius 1 is 0.346 bits per heavy atom. The standard InChI is InChI=1S/C48H36N2O2/c1-47(2)33-14-10-20-43-45(33)49(39-16-5-7-18-41(39)51-43)37-24-22-31(27-35(37)47)29-12-9-13-30(26-29)32-23-25-38-36(28-32)48(3,4)34-15-11-21-44-46(34)50(38)40-17-6-8-19-42(40)52-44/h5-28H,1-4H3. The number of para-hydroxylation sites is 6. The molecular weight excluding hydrogens is 637 g/mol. The quantitative estimate of drug-likeness (QED) is 0.182. The predicted octanol–water partition coefficient (Wildman–Crippen LogP) is 13.5. The number of fused-ring (bicyclic) bond motifs is 8. The van der Waals surface area contributed by atoms with Gasteiger partial charge in [0.05, 0.1) is 34.1 Å². The average Bonchev–Trinajstić information content (AvgIpc) is 3.17. The highest BCUT2D eigenvalue weighted by Crippen LogP contribution is 2.61. The van der Waals surface area contributed by atoms with Crippen LogP contribution < -0.4 is 19.3 Å². The van der Waals surface area contributed by atoms with Gasteiger partial charge in [0.15, 0.2) is 23.0 Å². The SMILES string of the molecule is CC1(C)c2cc(-c3cccc(-c4ccc5c(c4)C(C)(C)c4cccc6c4N5c4ccccc4O6)c3)ccc2N2c3ccccc3Oc3cccc1c32. The van der Waals surface area contributed by atoms with E-state index in [9.17, 15) is 0 Å². The third-order valence-electron chi connectivity index (χ3n) is 11.8. The highest BCUT2D eigenvalue weighted by molar-refractivity contribution is 5.95. The topological polar surface area (TPSA) is 24.9 Å². The lowest BCUT2D eigenvalue weighted by molar-refractivity contribution is 0.471. The third kappa shape index (κ3) is 3.87. The van der Waals surface area contributed by atoms with Crippen LogP contribution >= 0.6 is 0 Å². The van der Waals surface area contributed by atoms with Crippen molar-refractivity contribution in [2.75, 3.05) is 9.80 Å². The van der Waals surface area contributed by atoms with Crippen molar-refractivity contribution in [3.8, 4) is 45.3 Å². The molecule has 0 spiro atoms. The lowest BCUT2D eigenvalue weighted by Crippen LogP contribution is -2.32. The molecule has 0 unspecified atom stereocenters. The summed E-state index contributed by atoms with van der Waals surface area (Å²) in [5, 5.41) is 0. The molecule has 0 saturated heterocycles. The highest BCUT2D eigenvalue weighted by atomic mass is 16.5. The first-order valence-corrected chi connectivity index (χ1v) is 18.1. The van der Waals surface area contributed by atoms with Crippen molar-refractivity contribution in [3.05, 3.63) is 168 Å². The Kier molecular flexibility index (Phi) is 5.76. The maximum atomic E-state index is 6.43. The van der Waals surface area contributed by atoms with Crippen molar-refractivity contribution < 1.29 is 9.47 Å². The van der Waals surface area contributed by atoms with E-state index in [4.69, 9.17) is 9.47 Å². The van der Waals surface area contributed by atoms with Gasteiger partial charge in [-0.25, -0.2) is 0 Å². The second kappa shape index (κ2) is 10.2. The van der Waals surface area contributed by atoms with Crippen molar-refractivity contribution >= 4 is 34.1 Å². The van der Waals surface area contributed by atoms with Crippen LogP contribution in [0.5, 0.6) is 23.0 Å². The normalized spacial score (nSPS) is 15.8. The number of benzene rings is 7. The van der Waals surface area contributed by atoms with Gasteiger partial charge in [-0.2, -0.15) is 0 Å². The van der Waals surface area contributed by atoms with E-state index in [-0.39, 0.29) is 10.8 Å². The van der Waals surface area contributed by atoms with Crippen molar-refractivity contribution in [2.45, 2.75) is 38.5 Å². The van der Waals surface area contributed by atoms with E-state index in [0.29, 0.717) is 0 Å². The molecule has 0 amide bonds. The van der Waals surface area contributed by atoms with Crippen LogP contribution in [-0.2, 0) is 10.8 Å². The maximum absolute atomic E-state index is 6.43. The van der Waals surface area contributed by atoms with Gasteiger partial charge >= 0.3 is 0 Å². The van der Waals surface area contributed by atoms with Gasteiger partial charge in [0, 0.05) is 10.8 Å². The van der Waals surface area contributed by atoms with Gasteiger partial charge in [-0.05, 0) is 111 Å². The fourth-order valence-corrected chi connectivity index (χ4v) is 9.10. The number of hydrogen-bond acceptors (Lipinski definition) is 4. The van der Waals surface area contributed by atoms with Gasteiger partial charge in [0.1, 0.15) is 0 Å². The van der Waals surface area contributed by atoms with E-state index in [1.54, 1.807) is 0 Å². The van der Waals surface area contributed by atoms with Gasteiger partial charge < -0.3 is 19.3 Å². The van der Waals surface area contributed by atoms with Crippen LogP contribution in [0.1, 0.15) is 49.9 Å². The lowest BCUT2D eigenvalue weighted by Gasteiger charge is -2.45. The summed E-state index contributed by atoms with van der Waals surface area (Å²) >= 11 is 0. The summed E-state index contributed by atoms with van der Waals surface area (Å²) in [6.07, 6.45) is 0. The molecule has 0 saturated carbocycles. The zero-order chi connectivity index (χ0) is 34.9. The number of nitrogens with zero attached hydrogens (tertiary/aromatic N) is 2. The molecule has 0 N–H and O–H groups in total. The zero-order valence-corrected chi connectivity index (χ0v) is 29.6. The van der Waals surface area contributed by atoms with Gasteiger partial charge in [-0.1, -0.05) is 107 Å². The Morgan fingerprint density at radius 3 is 1.23 bits per heavy atom. The molecule has 0 atom stereocenters. The lowest BCUT2D eigenvalue weighted by atomic mass is 9.72. The fourth-order valence-electron chi connectivity index (χ4n) is 9.10. The molecular formula is C48H36N2O2. The van der Waals surface area contributed by atoms with Crippen LogP contribution in [0.25, 0.3) is 22.3 Å². The minimum atomic E-state index is -0.223. The number of hydrogen-bond donors (Lipinski definition) is 0. The van der Waals surface area contributed by atoms with E-state index in [1.165, 1.54) is 55.9 Å². The summed E-state index contributed by atoms with van der Waals surface area (Å²) in [4.78, 5) is 4.79. The van der Waals surface area contributed by atoms with Crippen molar-refractivity contribution in [2.24, 2.45) is 0 Å². The molecule has 7 aromatic rings. The molecule has 0 fully saturated rings. The van der Waals surface area contributed by atoms with Crippen molar-refractivity contribution in [1.82, 2.24) is 0 Å². The molecule has 0 radical (unpaired) electrons. The van der Waals surface area contributed by atoms with Crippen LogP contribution in [0.3, 0.4) is 0 Å². The van der Waals surface area contributed by atoms with Crippen LogP contribution in [0.15, 0.2) is 146 Å². The van der Waals surface area contributed by atoms with Crippen LogP contribution in [0.2, 0.25) is 0 Å². The van der Waals surface area contributed by atoms with E-state index in [1.807, 2.05) is 12.1 Å².